The van der Waals surface area contributed by atoms with Crippen LogP contribution in [0.4, 0.5) is 0 Å². The molecule has 0 saturated heterocycles. The Morgan fingerprint density at radius 1 is 1.47 bits per heavy atom. The molecule has 0 radical (unpaired) electrons. The van der Waals surface area contributed by atoms with Crippen LogP contribution in [0.25, 0.3) is 0 Å². The molecule has 0 aliphatic carbocycles. The molecule has 1 aromatic rings. The van der Waals surface area contributed by atoms with E-state index in [0.29, 0.717) is 0 Å². The van der Waals surface area contributed by atoms with Gasteiger partial charge in [0.05, 0.1) is 11.7 Å². The zero-order chi connectivity index (χ0) is 11.4. The first-order valence-electron chi connectivity index (χ1n) is 5.09. The van der Waals surface area contributed by atoms with Crippen molar-refractivity contribution in [3.63, 3.8) is 0 Å². The van der Waals surface area contributed by atoms with Gasteiger partial charge in [-0.1, -0.05) is 17.7 Å². The van der Waals surface area contributed by atoms with Crippen LogP contribution in [0.1, 0.15) is 36.7 Å². The van der Waals surface area contributed by atoms with Crippen molar-refractivity contribution in [2.24, 2.45) is 5.84 Å². The third kappa shape index (κ3) is 3.15. The topological polar surface area (TPSA) is 50.9 Å². The SMILES string of the molecule is CC(C)=CC(NN)c1ncc(C)cc1C. The molecule has 3 N–H and O–H groups in total. The second-order valence-electron chi connectivity index (χ2n) is 4.10. The van der Waals surface area contributed by atoms with Gasteiger partial charge in [-0.2, -0.15) is 0 Å². The monoisotopic (exact) mass is 205 g/mol. The van der Waals surface area contributed by atoms with E-state index in [-0.39, 0.29) is 6.04 Å². The lowest BCUT2D eigenvalue weighted by molar-refractivity contribution is 0.631. The number of allylic oxidation sites excluding steroid dienone is 1. The van der Waals surface area contributed by atoms with Crippen LogP contribution >= 0.6 is 0 Å². The Morgan fingerprint density at radius 3 is 2.60 bits per heavy atom. The van der Waals surface area contributed by atoms with E-state index in [9.17, 15) is 0 Å². The predicted molar refractivity (Wildman–Crippen MR) is 63.2 cm³/mol. The fourth-order valence-corrected chi connectivity index (χ4v) is 1.59. The second-order valence-corrected chi connectivity index (χ2v) is 4.10. The van der Waals surface area contributed by atoms with Gasteiger partial charge < -0.3 is 0 Å². The van der Waals surface area contributed by atoms with Crippen molar-refractivity contribution in [1.82, 2.24) is 10.4 Å². The minimum absolute atomic E-state index is 0.00407. The first kappa shape index (κ1) is 11.9. The standard InChI is InChI=1S/C12H19N3/c1-8(2)5-11(15-13)12-10(4)6-9(3)7-14-12/h5-7,11,15H,13H2,1-4H3. The molecule has 0 aromatic carbocycles. The Bertz CT molecular complexity index is 365. The van der Waals surface area contributed by atoms with Crippen LogP contribution in [0.5, 0.6) is 0 Å². The third-order valence-corrected chi connectivity index (χ3v) is 2.23. The second kappa shape index (κ2) is 5.05. The lowest BCUT2D eigenvalue weighted by Crippen LogP contribution is -2.28. The Morgan fingerprint density at radius 2 is 2.13 bits per heavy atom. The molecule has 15 heavy (non-hydrogen) atoms. The van der Waals surface area contributed by atoms with Crippen molar-refractivity contribution < 1.29 is 0 Å². The van der Waals surface area contributed by atoms with Crippen molar-refractivity contribution >= 4 is 0 Å². The summed E-state index contributed by atoms with van der Waals surface area (Å²) in [6.07, 6.45) is 3.94. The van der Waals surface area contributed by atoms with Gasteiger partial charge in [-0.15, -0.1) is 0 Å². The normalized spacial score (nSPS) is 12.3. The Hall–Kier alpha value is -1.19. The van der Waals surface area contributed by atoms with Crippen molar-refractivity contribution in [3.8, 4) is 0 Å². The van der Waals surface area contributed by atoms with Gasteiger partial charge in [0.2, 0.25) is 0 Å². The lowest BCUT2D eigenvalue weighted by atomic mass is 10.1. The van der Waals surface area contributed by atoms with Crippen LogP contribution in [0.2, 0.25) is 0 Å². The fourth-order valence-electron chi connectivity index (χ4n) is 1.59. The molecule has 0 aliphatic rings. The zero-order valence-corrected chi connectivity index (χ0v) is 9.83. The van der Waals surface area contributed by atoms with Crippen molar-refractivity contribution in [2.45, 2.75) is 33.7 Å². The van der Waals surface area contributed by atoms with Gasteiger partial charge in [-0.3, -0.25) is 10.8 Å². The molecule has 3 nitrogen and oxygen atoms in total. The molecule has 82 valence electrons. The Kier molecular flexibility index (Phi) is 4.00. The summed E-state index contributed by atoms with van der Waals surface area (Å²) in [5.74, 6) is 5.53. The number of nitrogens with two attached hydrogens (primary N) is 1. The van der Waals surface area contributed by atoms with Crippen LogP contribution in [-0.4, -0.2) is 4.98 Å². The first-order chi connectivity index (χ1) is 7.04. The highest BCUT2D eigenvalue weighted by Gasteiger charge is 2.10. The highest BCUT2D eigenvalue weighted by molar-refractivity contribution is 5.28. The van der Waals surface area contributed by atoms with E-state index in [1.807, 2.05) is 27.0 Å². The molecule has 0 spiro atoms. The molecule has 1 heterocycles. The molecular weight excluding hydrogens is 186 g/mol. The summed E-state index contributed by atoms with van der Waals surface area (Å²) < 4.78 is 0. The van der Waals surface area contributed by atoms with Crippen LogP contribution in [-0.2, 0) is 0 Å². The number of nitrogens with one attached hydrogen (secondary N) is 1. The molecule has 0 saturated carbocycles. The summed E-state index contributed by atoms with van der Waals surface area (Å²) in [6.45, 7) is 8.19. The summed E-state index contributed by atoms with van der Waals surface area (Å²) in [4.78, 5) is 4.41. The van der Waals surface area contributed by atoms with Gasteiger partial charge in [-0.25, -0.2) is 5.43 Å². The average Bonchev–Trinajstić information content (AvgIpc) is 2.14. The largest absolute Gasteiger partial charge is 0.271 e. The molecule has 1 aromatic heterocycles. The van der Waals surface area contributed by atoms with Gasteiger partial charge in [0, 0.05) is 6.20 Å². The van der Waals surface area contributed by atoms with Gasteiger partial charge >= 0.3 is 0 Å². The Balaban J connectivity index is 3.07. The van der Waals surface area contributed by atoms with Crippen molar-refractivity contribution in [3.05, 3.63) is 40.7 Å². The fraction of sp³-hybridized carbons (Fsp3) is 0.417. The maximum absolute atomic E-state index is 5.53. The molecule has 0 fully saturated rings. The van der Waals surface area contributed by atoms with Gasteiger partial charge in [-0.05, 0) is 38.8 Å². The van der Waals surface area contributed by atoms with E-state index >= 15 is 0 Å². The lowest BCUT2D eigenvalue weighted by Gasteiger charge is -2.14. The molecule has 1 unspecified atom stereocenters. The van der Waals surface area contributed by atoms with E-state index in [4.69, 9.17) is 5.84 Å². The van der Waals surface area contributed by atoms with E-state index < -0.39 is 0 Å². The van der Waals surface area contributed by atoms with Crippen molar-refractivity contribution in [2.75, 3.05) is 0 Å². The molecule has 0 aliphatic heterocycles. The van der Waals surface area contributed by atoms with E-state index in [1.165, 1.54) is 11.1 Å². The van der Waals surface area contributed by atoms with E-state index in [0.717, 1.165) is 11.3 Å². The predicted octanol–water partition coefficient (Wildman–Crippen LogP) is 2.17. The van der Waals surface area contributed by atoms with E-state index in [2.05, 4.69) is 29.5 Å². The summed E-state index contributed by atoms with van der Waals surface area (Å²) in [5.41, 5.74) is 7.32. The quantitative estimate of drug-likeness (QED) is 0.452. The van der Waals surface area contributed by atoms with Gasteiger partial charge in [0.15, 0.2) is 0 Å². The van der Waals surface area contributed by atoms with Crippen LogP contribution in [0.15, 0.2) is 23.9 Å². The third-order valence-electron chi connectivity index (χ3n) is 2.23. The van der Waals surface area contributed by atoms with Crippen molar-refractivity contribution in [1.29, 1.82) is 0 Å². The van der Waals surface area contributed by atoms with Gasteiger partial charge in [0.25, 0.3) is 0 Å². The number of nitrogens with zero attached hydrogens (tertiary/aromatic N) is 1. The van der Waals surface area contributed by atoms with Crippen LogP contribution in [0, 0.1) is 13.8 Å². The number of aryl methyl sites for hydroxylation is 2. The van der Waals surface area contributed by atoms with Gasteiger partial charge in [0.1, 0.15) is 0 Å². The molecule has 1 rings (SSSR count). The number of hydrazine groups is 1. The summed E-state index contributed by atoms with van der Waals surface area (Å²) in [6, 6.07) is 2.11. The Labute approximate surface area is 91.4 Å². The maximum Gasteiger partial charge on any atom is 0.0817 e. The van der Waals surface area contributed by atoms with Crippen LogP contribution < -0.4 is 11.3 Å². The smallest absolute Gasteiger partial charge is 0.0817 e. The number of hydrogen-bond donors (Lipinski definition) is 2. The van der Waals surface area contributed by atoms with Crippen LogP contribution in [0.3, 0.4) is 0 Å². The summed E-state index contributed by atoms with van der Waals surface area (Å²) in [5, 5.41) is 0. The first-order valence-corrected chi connectivity index (χ1v) is 5.09. The average molecular weight is 205 g/mol. The molecule has 3 heteroatoms. The minimum atomic E-state index is -0.00407. The zero-order valence-electron chi connectivity index (χ0n) is 9.83. The summed E-state index contributed by atoms with van der Waals surface area (Å²) in [7, 11) is 0. The number of rotatable bonds is 3. The molecule has 0 amide bonds. The number of hydrogen-bond acceptors (Lipinski definition) is 3. The minimum Gasteiger partial charge on any atom is -0.271 e. The maximum atomic E-state index is 5.53. The summed E-state index contributed by atoms with van der Waals surface area (Å²) >= 11 is 0. The highest BCUT2D eigenvalue weighted by Crippen LogP contribution is 2.17. The molecule has 1 atom stereocenters. The number of pyridine rings is 1. The van der Waals surface area contributed by atoms with E-state index in [1.54, 1.807) is 0 Å². The molecular formula is C12H19N3. The number of aromatic nitrogens is 1. The molecule has 0 bridgehead atoms. The highest BCUT2D eigenvalue weighted by atomic mass is 15.2.